The van der Waals surface area contributed by atoms with Crippen LogP contribution in [0.3, 0.4) is 0 Å². The highest BCUT2D eigenvalue weighted by atomic mass is 79.9. The van der Waals surface area contributed by atoms with Gasteiger partial charge in [-0.2, -0.15) is 0 Å². The van der Waals surface area contributed by atoms with E-state index < -0.39 is 6.10 Å². The van der Waals surface area contributed by atoms with Crippen molar-refractivity contribution in [3.05, 3.63) is 34.3 Å². The van der Waals surface area contributed by atoms with Crippen LogP contribution in [0.15, 0.2) is 28.7 Å². The van der Waals surface area contributed by atoms with Crippen molar-refractivity contribution in [2.75, 3.05) is 27.2 Å². The summed E-state index contributed by atoms with van der Waals surface area (Å²) in [5, 5.41) is 10.4. The number of hydrogen-bond acceptors (Lipinski definition) is 3. The standard InChI is InChI=1S/C16H23BrN2O2/c1-18(2)11-14-5-3-4-10-19(14)16(21)15(20)12-6-8-13(17)9-7-12/h6-9,14-15,20H,3-5,10-11H2,1-2H3/t14-,15+/m0/s1. The summed E-state index contributed by atoms with van der Waals surface area (Å²) >= 11 is 3.36. The first-order valence-electron chi connectivity index (χ1n) is 7.38. The summed E-state index contributed by atoms with van der Waals surface area (Å²) in [6.07, 6.45) is 2.11. The molecule has 21 heavy (non-hydrogen) atoms. The predicted octanol–water partition coefficient (Wildman–Crippen LogP) is 2.43. The van der Waals surface area contributed by atoms with Gasteiger partial charge in [-0.3, -0.25) is 4.79 Å². The highest BCUT2D eigenvalue weighted by Gasteiger charge is 2.31. The van der Waals surface area contributed by atoms with Crippen LogP contribution in [0, 0.1) is 0 Å². The van der Waals surface area contributed by atoms with Crippen molar-refractivity contribution in [3.8, 4) is 0 Å². The largest absolute Gasteiger partial charge is 0.378 e. The molecule has 0 spiro atoms. The van der Waals surface area contributed by atoms with E-state index in [0.717, 1.165) is 36.8 Å². The highest BCUT2D eigenvalue weighted by Crippen LogP contribution is 2.24. The maximum atomic E-state index is 12.6. The van der Waals surface area contributed by atoms with Crippen LogP contribution >= 0.6 is 15.9 Å². The molecule has 0 aromatic heterocycles. The first-order valence-corrected chi connectivity index (χ1v) is 8.17. The summed E-state index contributed by atoms with van der Waals surface area (Å²) in [6.45, 7) is 1.59. The van der Waals surface area contributed by atoms with Crippen molar-refractivity contribution in [2.45, 2.75) is 31.4 Å². The minimum Gasteiger partial charge on any atom is -0.378 e. The molecule has 4 nitrogen and oxygen atoms in total. The highest BCUT2D eigenvalue weighted by molar-refractivity contribution is 9.10. The molecule has 1 fully saturated rings. The number of hydrogen-bond donors (Lipinski definition) is 1. The lowest BCUT2D eigenvalue weighted by molar-refractivity contribution is -0.144. The number of aliphatic hydroxyl groups excluding tert-OH is 1. The third kappa shape index (κ3) is 4.28. The quantitative estimate of drug-likeness (QED) is 0.902. The normalized spacial score (nSPS) is 20.6. The second-order valence-electron chi connectivity index (χ2n) is 5.90. The molecular formula is C16H23BrN2O2. The Bertz CT molecular complexity index is 476. The molecule has 0 bridgehead atoms. The summed E-state index contributed by atoms with van der Waals surface area (Å²) in [4.78, 5) is 16.6. The molecule has 0 saturated carbocycles. The molecule has 0 unspecified atom stereocenters. The Hall–Kier alpha value is -0.910. The number of carbonyl (C=O) groups is 1. The van der Waals surface area contributed by atoms with Gasteiger partial charge in [0.1, 0.15) is 0 Å². The topological polar surface area (TPSA) is 43.8 Å². The number of piperidine rings is 1. The van der Waals surface area contributed by atoms with Crippen LogP contribution in [0.4, 0.5) is 0 Å². The molecule has 1 N–H and O–H groups in total. The molecule has 5 heteroatoms. The second-order valence-corrected chi connectivity index (χ2v) is 6.81. The second kappa shape index (κ2) is 7.38. The maximum Gasteiger partial charge on any atom is 0.256 e. The van der Waals surface area contributed by atoms with Crippen LogP contribution in [0.5, 0.6) is 0 Å². The van der Waals surface area contributed by atoms with Crippen LogP contribution in [-0.2, 0) is 4.79 Å². The lowest BCUT2D eigenvalue weighted by atomic mass is 9.99. The first kappa shape index (κ1) is 16.5. The minimum absolute atomic E-state index is 0.177. The van der Waals surface area contributed by atoms with Gasteiger partial charge in [0.2, 0.25) is 0 Å². The lowest BCUT2D eigenvalue weighted by Gasteiger charge is -2.38. The maximum absolute atomic E-state index is 12.6. The van der Waals surface area contributed by atoms with E-state index in [0.29, 0.717) is 5.56 Å². The molecule has 1 aliphatic rings. The summed E-state index contributed by atoms with van der Waals surface area (Å²) in [5.41, 5.74) is 0.650. The lowest BCUT2D eigenvalue weighted by Crippen LogP contribution is -2.49. The zero-order chi connectivity index (χ0) is 15.4. The van der Waals surface area contributed by atoms with E-state index in [1.165, 1.54) is 0 Å². The molecule has 1 aliphatic heterocycles. The van der Waals surface area contributed by atoms with Gasteiger partial charge in [-0.15, -0.1) is 0 Å². The molecule has 2 rings (SSSR count). The van der Waals surface area contributed by atoms with Crippen molar-refractivity contribution < 1.29 is 9.90 Å². The van der Waals surface area contributed by atoms with Gasteiger partial charge in [0, 0.05) is 23.6 Å². The number of likely N-dealkylation sites (tertiary alicyclic amines) is 1. The molecule has 1 amide bonds. The van der Waals surface area contributed by atoms with Gasteiger partial charge in [0.05, 0.1) is 0 Å². The third-order valence-corrected chi connectivity index (χ3v) is 4.43. The van der Waals surface area contributed by atoms with E-state index in [2.05, 4.69) is 20.8 Å². The zero-order valence-electron chi connectivity index (χ0n) is 12.6. The summed E-state index contributed by atoms with van der Waals surface area (Å²) in [5.74, 6) is -0.177. The number of likely N-dealkylation sites (N-methyl/N-ethyl adjacent to an activating group) is 1. The van der Waals surface area contributed by atoms with E-state index in [4.69, 9.17) is 0 Å². The zero-order valence-corrected chi connectivity index (χ0v) is 14.2. The fourth-order valence-electron chi connectivity index (χ4n) is 2.85. The van der Waals surface area contributed by atoms with E-state index in [1.807, 2.05) is 31.1 Å². The van der Waals surface area contributed by atoms with Crippen LogP contribution < -0.4 is 0 Å². The average molecular weight is 355 g/mol. The van der Waals surface area contributed by atoms with Crippen LogP contribution in [0.25, 0.3) is 0 Å². The molecule has 2 atom stereocenters. The third-order valence-electron chi connectivity index (χ3n) is 3.91. The summed E-state index contributed by atoms with van der Waals surface area (Å²) in [6, 6.07) is 7.47. The minimum atomic E-state index is -1.07. The molecule has 1 aromatic rings. The molecule has 1 heterocycles. The number of aliphatic hydroxyl groups is 1. The van der Waals surface area contributed by atoms with E-state index in [9.17, 15) is 9.90 Å². The van der Waals surface area contributed by atoms with Gasteiger partial charge >= 0.3 is 0 Å². The monoisotopic (exact) mass is 354 g/mol. The number of rotatable bonds is 4. The van der Waals surface area contributed by atoms with Crippen molar-refractivity contribution in [3.63, 3.8) is 0 Å². The fourth-order valence-corrected chi connectivity index (χ4v) is 3.11. The predicted molar refractivity (Wildman–Crippen MR) is 87.0 cm³/mol. The molecule has 1 saturated heterocycles. The number of benzene rings is 1. The van der Waals surface area contributed by atoms with E-state index in [1.54, 1.807) is 12.1 Å². The fraction of sp³-hybridized carbons (Fsp3) is 0.562. The van der Waals surface area contributed by atoms with Gasteiger partial charge in [-0.25, -0.2) is 0 Å². The molecule has 116 valence electrons. The average Bonchev–Trinajstić information content (AvgIpc) is 2.46. The van der Waals surface area contributed by atoms with Crippen molar-refractivity contribution in [1.82, 2.24) is 9.80 Å². The van der Waals surface area contributed by atoms with Crippen LogP contribution in [0.1, 0.15) is 30.9 Å². The van der Waals surface area contributed by atoms with Crippen molar-refractivity contribution in [2.24, 2.45) is 0 Å². The molecule has 0 radical (unpaired) electrons. The van der Waals surface area contributed by atoms with Gasteiger partial charge in [0.25, 0.3) is 5.91 Å². The Balaban J connectivity index is 2.10. The molecular weight excluding hydrogens is 332 g/mol. The van der Waals surface area contributed by atoms with Crippen molar-refractivity contribution >= 4 is 21.8 Å². The number of halogens is 1. The van der Waals surface area contributed by atoms with Gasteiger partial charge < -0.3 is 14.9 Å². The smallest absolute Gasteiger partial charge is 0.256 e. The van der Waals surface area contributed by atoms with Crippen molar-refractivity contribution in [1.29, 1.82) is 0 Å². The number of nitrogens with zero attached hydrogens (tertiary/aromatic N) is 2. The Labute approximate surface area is 134 Å². The van der Waals surface area contributed by atoms with Gasteiger partial charge in [-0.05, 0) is 51.1 Å². The Kier molecular flexibility index (Phi) is 5.79. The number of carbonyl (C=O) groups excluding carboxylic acids is 1. The van der Waals surface area contributed by atoms with E-state index in [-0.39, 0.29) is 11.9 Å². The molecule has 0 aliphatic carbocycles. The van der Waals surface area contributed by atoms with Crippen LogP contribution in [-0.4, -0.2) is 54.0 Å². The summed E-state index contributed by atoms with van der Waals surface area (Å²) in [7, 11) is 4.03. The Morgan fingerprint density at radius 3 is 2.67 bits per heavy atom. The van der Waals surface area contributed by atoms with Gasteiger partial charge in [0.15, 0.2) is 6.10 Å². The Morgan fingerprint density at radius 2 is 2.05 bits per heavy atom. The SMILES string of the molecule is CN(C)C[C@@H]1CCCCN1C(=O)[C@H](O)c1ccc(Br)cc1. The Morgan fingerprint density at radius 1 is 1.38 bits per heavy atom. The number of amides is 1. The van der Waals surface area contributed by atoms with Gasteiger partial charge in [-0.1, -0.05) is 28.1 Å². The first-order chi connectivity index (χ1) is 9.99. The van der Waals surface area contributed by atoms with Crippen LogP contribution in [0.2, 0.25) is 0 Å². The summed E-state index contributed by atoms with van der Waals surface area (Å²) < 4.78 is 0.939. The molecule has 1 aromatic carbocycles. The van der Waals surface area contributed by atoms with E-state index >= 15 is 0 Å².